The SMILES string of the molecule is C[C@@H](CN)CCC(=O)c1ccc2[nH]ccc2c1. The lowest BCUT2D eigenvalue weighted by Crippen LogP contribution is -2.12. The Balaban J connectivity index is 2.08. The summed E-state index contributed by atoms with van der Waals surface area (Å²) in [5.41, 5.74) is 7.40. The molecule has 3 N–H and O–H groups in total. The van der Waals surface area contributed by atoms with Crippen molar-refractivity contribution in [3.05, 3.63) is 36.0 Å². The van der Waals surface area contributed by atoms with Crippen molar-refractivity contribution in [2.45, 2.75) is 19.8 Å². The van der Waals surface area contributed by atoms with Gasteiger partial charge >= 0.3 is 0 Å². The minimum absolute atomic E-state index is 0.202. The zero-order valence-corrected chi connectivity index (χ0v) is 10.1. The number of carbonyl (C=O) groups excluding carboxylic acids is 1. The molecule has 0 aliphatic carbocycles. The van der Waals surface area contributed by atoms with Gasteiger partial charge in [0.25, 0.3) is 0 Å². The Hall–Kier alpha value is -1.61. The van der Waals surface area contributed by atoms with E-state index in [1.165, 1.54) is 0 Å². The van der Waals surface area contributed by atoms with Crippen LogP contribution >= 0.6 is 0 Å². The first kappa shape index (κ1) is 11.9. The molecule has 0 saturated carbocycles. The molecule has 3 nitrogen and oxygen atoms in total. The van der Waals surface area contributed by atoms with Gasteiger partial charge in [0.1, 0.15) is 0 Å². The standard InChI is InChI=1S/C14H18N2O/c1-10(9-15)2-5-14(17)12-3-4-13-11(8-12)6-7-16-13/h3-4,6-8,10,16H,2,5,9,15H2,1H3/t10-/m1/s1. The van der Waals surface area contributed by atoms with E-state index >= 15 is 0 Å². The van der Waals surface area contributed by atoms with Crippen molar-refractivity contribution in [2.24, 2.45) is 11.7 Å². The van der Waals surface area contributed by atoms with E-state index in [9.17, 15) is 4.79 Å². The molecule has 1 aromatic heterocycles. The highest BCUT2D eigenvalue weighted by Crippen LogP contribution is 2.16. The molecule has 0 aliphatic heterocycles. The minimum Gasteiger partial charge on any atom is -0.361 e. The van der Waals surface area contributed by atoms with Gasteiger partial charge in [0.05, 0.1) is 0 Å². The van der Waals surface area contributed by atoms with Gasteiger partial charge in [0.15, 0.2) is 5.78 Å². The van der Waals surface area contributed by atoms with Gasteiger partial charge in [-0.2, -0.15) is 0 Å². The number of aromatic nitrogens is 1. The molecule has 1 atom stereocenters. The largest absolute Gasteiger partial charge is 0.361 e. The number of nitrogens with one attached hydrogen (secondary N) is 1. The van der Waals surface area contributed by atoms with Gasteiger partial charge in [-0.3, -0.25) is 4.79 Å². The number of rotatable bonds is 5. The van der Waals surface area contributed by atoms with E-state index in [1.807, 2.05) is 30.5 Å². The van der Waals surface area contributed by atoms with Gasteiger partial charge in [0.2, 0.25) is 0 Å². The quantitative estimate of drug-likeness (QED) is 0.776. The summed E-state index contributed by atoms with van der Waals surface area (Å²) in [5.74, 6) is 0.614. The van der Waals surface area contributed by atoms with Crippen molar-refractivity contribution in [3.63, 3.8) is 0 Å². The molecule has 3 heteroatoms. The van der Waals surface area contributed by atoms with Gasteiger partial charge in [-0.1, -0.05) is 6.92 Å². The van der Waals surface area contributed by atoms with E-state index in [4.69, 9.17) is 5.73 Å². The first-order chi connectivity index (χ1) is 8.20. The van der Waals surface area contributed by atoms with Crippen LogP contribution in [-0.4, -0.2) is 17.3 Å². The molecule has 1 heterocycles. The number of aromatic amines is 1. The Bertz CT molecular complexity index is 516. The summed E-state index contributed by atoms with van der Waals surface area (Å²) in [6.45, 7) is 2.72. The highest BCUT2D eigenvalue weighted by molar-refractivity contribution is 5.99. The normalized spacial score (nSPS) is 12.8. The van der Waals surface area contributed by atoms with Crippen LogP contribution in [-0.2, 0) is 0 Å². The summed E-state index contributed by atoms with van der Waals surface area (Å²) in [5, 5.41) is 1.09. The number of H-pyrrole nitrogens is 1. The minimum atomic E-state index is 0.202. The average molecular weight is 230 g/mol. The Morgan fingerprint density at radius 2 is 2.24 bits per heavy atom. The van der Waals surface area contributed by atoms with E-state index in [2.05, 4.69) is 11.9 Å². The van der Waals surface area contributed by atoms with Crippen LogP contribution in [0.15, 0.2) is 30.5 Å². The molecule has 0 fully saturated rings. The molecule has 2 aromatic rings. The van der Waals surface area contributed by atoms with Gasteiger partial charge in [-0.15, -0.1) is 0 Å². The number of fused-ring (bicyclic) bond motifs is 1. The Morgan fingerprint density at radius 1 is 1.41 bits per heavy atom. The molecule has 0 unspecified atom stereocenters. The number of hydrogen-bond acceptors (Lipinski definition) is 2. The first-order valence-electron chi connectivity index (χ1n) is 6.01. The van der Waals surface area contributed by atoms with Crippen molar-refractivity contribution in [2.75, 3.05) is 6.54 Å². The van der Waals surface area contributed by atoms with Gasteiger partial charge in [-0.25, -0.2) is 0 Å². The van der Waals surface area contributed by atoms with E-state index in [0.717, 1.165) is 22.9 Å². The average Bonchev–Trinajstić information content (AvgIpc) is 2.82. The summed E-state index contributed by atoms with van der Waals surface area (Å²) < 4.78 is 0. The van der Waals surface area contributed by atoms with Gasteiger partial charge < -0.3 is 10.7 Å². The summed E-state index contributed by atoms with van der Waals surface area (Å²) in [6, 6.07) is 7.76. The van der Waals surface area contributed by atoms with Crippen molar-refractivity contribution in [1.29, 1.82) is 0 Å². The molecular weight excluding hydrogens is 212 g/mol. The first-order valence-corrected chi connectivity index (χ1v) is 6.01. The second-order valence-electron chi connectivity index (χ2n) is 4.58. The summed E-state index contributed by atoms with van der Waals surface area (Å²) in [4.78, 5) is 15.1. The van der Waals surface area contributed by atoms with Crippen molar-refractivity contribution < 1.29 is 4.79 Å². The molecule has 0 saturated heterocycles. The highest BCUT2D eigenvalue weighted by Gasteiger charge is 2.09. The van der Waals surface area contributed by atoms with Crippen molar-refractivity contribution in [3.8, 4) is 0 Å². The van der Waals surface area contributed by atoms with E-state index < -0.39 is 0 Å². The molecule has 0 spiro atoms. The predicted molar refractivity (Wildman–Crippen MR) is 70.1 cm³/mol. The summed E-state index contributed by atoms with van der Waals surface area (Å²) in [7, 11) is 0. The van der Waals surface area contributed by atoms with E-state index in [0.29, 0.717) is 18.9 Å². The Morgan fingerprint density at radius 3 is 3.00 bits per heavy atom. The molecule has 1 aromatic carbocycles. The molecule has 0 radical (unpaired) electrons. The van der Waals surface area contributed by atoms with Crippen LogP contribution in [0, 0.1) is 5.92 Å². The monoisotopic (exact) mass is 230 g/mol. The smallest absolute Gasteiger partial charge is 0.162 e. The van der Waals surface area contributed by atoms with Crippen LogP contribution in [0.4, 0.5) is 0 Å². The van der Waals surface area contributed by atoms with Crippen LogP contribution < -0.4 is 5.73 Å². The maximum Gasteiger partial charge on any atom is 0.162 e. The molecule has 0 amide bonds. The lowest BCUT2D eigenvalue weighted by molar-refractivity contribution is 0.0975. The summed E-state index contributed by atoms with van der Waals surface area (Å²) in [6.07, 6.45) is 3.32. The predicted octanol–water partition coefficient (Wildman–Crippen LogP) is 2.73. The molecule has 17 heavy (non-hydrogen) atoms. The van der Waals surface area contributed by atoms with Gasteiger partial charge in [-0.05, 0) is 43.1 Å². The zero-order chi connectivity index (χ0) is 12.3. The fraction of sp³-hybridized carbons (Fsp3) is 0.357. The molecular formula is C14H18N2O. The maximum atomic E-state index is 12.0. The number of Topliss-reactive ketones (excluding diaryl/α,β-unsaturated/α-hetero) is 1. The van der Waals surface area contributed by atoms with Crippen molar-refractivity contribution >= 4 is 16.7 Å². The Labute approximate surface area is 101 Å². The van der Waals surface area contributed by atoms with Gasteiger partial charge in [0, 0.05) is 29.1 Å². The number of benzene rings is 1. The maximum absolute atomic E-state index is 12.0. The fourth-order valence-electron chi connectivity index (χ4n) is 1.87. The third kappa shape index (κ3) is 2.74. The van der Waals surface area contributed by atoms with E-state index in [-0.39, 0.29) is 5.78 Å². The number of nitrogens with two attached hydrogens (primary N) is 1. The number of hydrogen-bond donors (Lipinski definition) is 2. The zero-order valence-electron chi connectivity index (χ0n) is 10.1. The number of carbonyl (C=O) groups is 1. The summed E-state index contributed by atoms with van der Waals surface area (Å²) >= 11 is 0. The molecule has 90 valence electrons. The van der Waals surface area contributed by atoms with Crippen LogP contribution in [0.5, 0.6) is 0 Å². The van der Waals surface area contributed by atoms with Crippen LogP contribution in [0.2, 0.25) is 0 Å². The molecule has 0 bridgehead atoms. The highest BCUT2D eigenvalue weighted by atomic mass is 16.1. The van der Waals surface area contributed by atoms with Crippen LogP contribution in [0.25, 0.3) is 10.9 Å². The third-order valence-corrected chi connectivity index (χ3v) is 3.14. The van der Waals surface area contributed by atoms with Crippen LogP contribution in [0.1, 0.15) is 30.1 Å². The fourth-order valence-corrected chi connectivity index (χ4v) is 1.87. The van der Waals surface area contributed by atoms with E-state index in [1.54, 1.807) is 0 Å². The molecule has 0 aliphatic rings. The Kier molecular flexibility index (Phi) is 3.59. The van der Waals surface area contributed by atoms with Crippen molar-refractivity contribution in [1.82, 2.24) is 4.98 Å². The molecule has 2 rings (SSSR count). The third-order valence-electron chi connectivity index (χ3n) is 3.14. The second-order valence-corrected chi connectivity index (χ2v) is 4.58. The number of ketones is 1. The van der Waals surface area contributed by atoms with Crippen LogP contribution in [0.3, 0.4) is 0 Å². The lowest BCUT2D eigenvalue weighted by atomic mass is 9.99. The second kappa shape index (κ2) is 5.15. The lowest BCUT2D eigenvalue weighted by Gasteiger charge is -2.07. The topological polar surface area (TPSA) is 58.9 Å².